The summed E-state index contributed by atoms with van der Waals surface area (Å²) in [4.78, 5) is 23.0. The molecule has 0 aromatic heterocycles. The van der Waals surface area contributed by atoms with Gasteiger partial charge in [-0.3, -0.25) is 13.9 Å². The van der Waals surface area contributed by atoms with Gasteiger partial charge >= 0.3 is 0 Å². The lowest BCUT2D eigenvalue weighted by Crippen LogP contribution is -2.39. The van der Waals surface area contributed by atoms with Crippen molar-refractivity contribution in [3.63, 3.8) is 0 Å². The summed E-state index contributed by atoms with van der Waals surface area (Å²) >= 11 is 0. The van der Waals surface area contributed by atoms with E-state index < -0.39 is 28.4 Å². The lowest BCUT2D eigenvalue weighted by molar-refractivity contribution is -0.120. The molecule has 30 heavy (non-hydrogen) atoms. The van der Waals surface area contributed by atoms with E-state index in [0.29, 0.717) is 17.0 Å². The van der Waals surface area contributed by atoms with Crippen molar-refractivity contribution < 1.29 is 22.7 Å². The van der Waals surface area contributed by atoms with Crippen LogP contribution < -0.4 is 20.2 Å². The molecule has 2 amide bonds. The van der Waals surface area contributed by atoms with E-state index >= 15 is 0 Å². The van der Waals surface area contributed by atoms with Gasteiger partial charge in [-0.1, -0.05) is 12.1 Å². The van der Waals surface area contributed by atoms with Crippen LogP contribution in [0.3, 0.4) is 0 Å². The van der Waals surface area contributed by atoms with Crippen molar-refractivity contribution in [2.24, 2.45) is 10.8 Å². The highest BCUT2D eigenvalue weighted by atomic mass is 32.2. The lowest BCUT2D eigenvalue weighted by atomic mass is 10.1. The van der Waals surface area contributed by atoms with Gasteiger partial charge in [-0.15, -0.1) is 0 Å². The normalized spacial score (nSPS) is 11.3. The van der Waals surface area contributed by atoms with Crippen molar-refractivity contribution in [2.75, 3.05) is 23.7 Å². The molecule has 0 aliphatic carbocycles. The highest BCUT2D eigenvalue weighted by molar-refractivity contribution is 7.92. The molecular weight excluding hydrogens is 408 g/mol. The van der Waals surface area contributed by atoms with Crippen molar-refractivity contribution in [1.82, 2.24) is 5.43 Å². The summed E-state index contributed by atoms with van der Waals surface area (Å²) in [7, 11) is -3.67. The number of amides is 2. The number of nitrogens with two attached hydrogens (primary N) is 1. The average Bonchev–Trinajstić information content (AvgIpc) is 2.67. The maximum absolute atomic E-state index is 12.3. The van der Waals surface area contributed by atoms with Crippen molar-refractivity contribution in [1.29, 1.82) is 0 Å². The number of hydrogen-bond donors (Lipinski definition) is 2. The van der Waals surface area contributed by atoms with E-state index in [1.165, 1.54) is 6.21 Å². The number of hydrogen-bond acceptors (Lipinski definition) is 6. The van der Waals surface area contributed by atoms with Gasteiger partial charge < -0.3 is 10.5 Å². The third-order valence-electron chi connectivity index (χ3n) is 4.20. The first-order valence-corrected chi connectivity index (χ1v) is 10.8. The molecule has 0 heterocycles. The van der Waals surface area contributed by atoms with Gasteiger partial charge in [0.15, 0.2) is 6.61 Å². The predicted molar refractivity (Wildman–Crippen MR) is 115 cm³/mol. The molecule has 10 heteroatoms. The van der Waals surface area contributed by atoms with Crippen LogP contribution in [0.4, 0.5) is 5.69 Å². The molecule has 0 atom stereocenters. The zero-order valence-corrected chi connectivity index (χ0v) is 17.8. The number of carbonyl (C=O) groups excluding carboxylic acids is 2. The van der Waals surface area contributed by atoms with E-state index in [-0.39, 0.29) is 6.61 Å². The Bertz CT molecular complexity index is 1050. The smallest absolute Gasteiger partial charge is 0.260 e. The van der Waals surface area contributed by atoms with Crippen LogP contribution in [0.2, 0.25) is 0 Å². The van der Waals surface area contributed by atoms with Crippen LogP contribution in [0.5, 0.6) is 5.75 Å². The molecule has 9 nitrogen and oxygen atoms in total. The molecule has 0 bridgehead atoms. The first kappa shape index (κ1) is 22.9. The molecule has 2 rings (SSSR count). The minimum Gasteiger partial charge on any atom is -0.484 e. The first-order valence-electron chi connectivity index (χ1n) is 8.95. The number of nitrogens with one attached hydrogen (secondary N) is 1. The van der Waals surface area contributed by atoms with E-state index in [1.807, 2.05) is 13.0 Å². The maximum atomic E-state index is 12.3. The van der Waals surface area contributed by atoms with Crippen LogP contribution >= 0.6 is 0 Å². The molecule has 0 radical (unpaired) electrons. The number of nitrogens with zero attached hydrogens (tertiary/aromatic N) is 2. The molecule has 0 aliphatic heterocycles. The van der Waals surface area contributed by atoms with E-state index in [9.17, 15) is 18.0 Å². The van der Waals surface area contributed by atoms with Crippen LogP contribution in [0.25, 0.3) is 0 Å². The highest BCUT2D eigenvalue weighted by Gasteiger charge is 2.22. The predicted octanol–water partition coefficient (Wildman–Crippen LogP) is 1.08. The Morgan fingerprint density at radius 1 is 1.17 bits per heavy atom. The van der Waals surface area contributed by atoms with Crippen molar-refractivity contribution in [3.8, 4) is 5.75 Å². The lowest BCUT2D eigenvalue weighted by Gasteiger charge is -2.23. The SMILES string of the molecule is Cc1cccc(N(CC(=O)N/N=C\c2ccc(OCC(N)=O)cc2)S(C)(=O)=O)c1C. The van der Waals surface area contributed by atoms with Gasteiger partial charge in [0.1, 0.15) is 12.3 Å². The van der Waals surface area contributed by atoms with Gasteiger partial charge in [0.25, 0.3) is 11.8 Å². The van der Waals surface area contributed by atoms with Gasteiger partial charge in [0.2, 0.25) is 10.0 Å². The second-order valence-electron chi connectivity index (χ2n) is 6.61. The molecule has 0 fully saturated rings. The van der Waals surface area contributed by atoms with Crippen LogP contribution in [-0.4, -0.2) is 45.9 Å². The molecule has 0 saturated heterocycles. The Kier molecular flexibility index (Phi) is 7.54. The summed E-state index contributed by atoms with van der Waals surface area (Å²) in [6.45, 7) is 3.05. The van der Waals surface area contributed by atoms with Crippen molar-refractivity contribution in [2.45, 2.75) is 13.8 Å². The zero-order valence-electron chi connectivity index (χ0n) is 17.0. The van der Waals surface area contributed by atoms with Crippen LogP contribution in [0, 0.1) is 13.8 Å². The molecule has 2 aromatic carbocycles. The Morgan fingerprint density at radius 3 is 2.43 bits per heavy atom. The van der Waals surface area contributed by atoms with E-state index in [2.05, 4.69) is 10.5 Å². The number of carbonyl (C=O) groups is 2. The molecule has 0 saturated carbocycles. The van der Waals surface area contributed by atoms with Gasteiger partial charge in [0, 0.05) is 0 Å². The van der Waals surface area contributed by atoms with Gasteiger partial charge in [-0.05, 0) is 60.9 Å². The summed E-state index contributed by atoms with van der Waals surface area (Å²) in [6, 6.07) is 11.9. The topological polar surface area (TPSA) is 131 Å². The van der Waals surface area contributed by atoms with Crippen LogP contribution in [0.15, 0.2) is 47.6 Å². The summed E-state index contributed by atoms with van der Waals surface area (Å²) < 4.78 is 30.6. The monoisotopic (exact) mass is 432 g/mol. The Morgan fingerprint density at radius 2 is 1.83 bits per heavy atom. The number of anilines is 1. The van der Waals surface area contributed by atoms with Gasteiger partial charge in [-0.2, -0.15) is 5.10 Å². The highest BCUT2D eigenvalue weighted by Crippen LogP contribution is 2.24. The van der Waals surface area contributed by atoms with E-state index in [4.69, 9.17) is 10.5 Å². The summed E-state index contributed by atoms with van der Waals surface area (Å²) in [5, 5.41) is 3.85. The number of benzene rings is 2. The Balaban J connectivity index is 2.02. The molecule has 3 N–H and O–H groups in total. The third kappa shape index (κ3) is 6.59. The standard InChI is InChI=1S/C20H24N4O5S/c1-14-5-4-6-18(15(14)2)24(30(3,27)28)12-20(26)23-22-11-16-7-9-17(10-8-16)29-13-19(21)25/h4-11H,12-13H2,1-3H3,(H2,21,25)(H,23,26)/b22-11-. The molecule has 0 unspecified atom stereocenters. The minimum absolute atomic E-state index is 0.221. The Hall–Kier alpha value is -3.40. The van der Waals surface area contributed by atoms with Gasteiger partial charge in [-0.25, -0.2) is 13.8 Å². The van der Waals surface area contributed by atoms with Gasteiger partial charge in [0.05, 0.1) is 18.2 Å². The fourth-order valence-corrected chi connectivity index (χ4v) is 3.44. The zero-order chi connectivity index (χ0) is 22.3. The second kappa shape index (κ2) is 9.88. The summed E-state index contributed by atoms with van der Waals surface area (Å²) in [6.07, 6.45) is 2.45. The fourth-order valence-electron chi connectivity index (χ4n) is 2.54. The third-order valence-corrected chi connectivity index (χ3v) is 5.32. The maximum Gasteiger partial charge on any atom is 0.260 e. The first-order chi connectivity index (χ1) is 14.1. The second-order valence-corrected chi connectivity index (χ2v) is 8.51. The van der Waals surface area contributed by atoms with E-state index in [1.54, 1.807) is 43.3 Å². The molecule has 0 aliphatic rings. The van der Waals surface area contributed by atoms with Crippen LogP contribution in [0.1, 0.15) is 16.7 Å². The minimum atomic E-state index is -3.67. The Labute approximate surface area is 175 Å². The molecular formula is C20H24N4O5S. The largest absolute Gasteiger partial charge is 0.484 e. The summed E-state index contributed by atoms with van der Waals surface area (Å²) in [5.74, 6) is -0.696. The number of hydrazone groups is 1. The number of primary amides is 1. The van der Waals surface area contributed by atoms with Crippen molar-refractivity contribution >= 4 is 33.7 Å². The number of rotatable bonds is 9. The fraction of sp³-hybridized carbons (Fsp3) is 0.250. The number of sulfonamides is 1. The van der Waals surface area contributed by atoms with E-state index in [0.717, 1.165) is 21.7 Å². The molecule has 160 valence electrons. The molecule has 2 aromatic rings. The summed E-state index contributed by atoms with van der Waals surface area (Å²) in [5.41, 5.74) is 10.1. The number of ether oxygens (including phenoxy) is 1. The molecule has 0 spiro atoms. The van der Waals surface area contributed by atoms with Crippen molar-refractivity contribution in [3.05, 3.63) is 59.2 Å². The van der Waals surface area contributed by atoms with Crippen LogP contribution in [-0.2, 0) is 19.6 Å². The quantitative estimate of drug-likeness (QED) is 0.452. The average molecular weight is 433 g/mol. The number of aryl methyl sites for hydroxylation is 1.